The highest BCUT2D eigenvalue weighted by molar-refractivity contribution is 5.70. The first kappa shape index (κ1) is 19.2. The number of rotatable bonds is 9. The van der Waals surface area contributed by atoms with Crippen LogP contribution in [0, 0.1) is 0 Å². The van der Waals surface area contributed by atoms with Gasteiger partial charge in [0.15, 0.2) is 0 Å². The molecule has 2 aromatic rings. The lowest BCUT2D eigenvalue weighted by Crippen LogP contribution is -2.03. The Hall–Kier alpha value is -2.13. The molecule has 0 aliphatic carbocycles. The van der Waals surface area contributed by atoms with Crippen LogP contribution in [0.2, 0.25) is 0 Å². The Morgan fingerprint density at radius 2 is 1.52 bits per heavy atom. The van der Waals surface area contributed by atoms with E-state index >= 15 is 0 Å². The molecule has 0 radical (unpaired) electrons. The van der Waals surface area contributed by atoms with E-state index in [2.05, 4.69) is 31.2 Å². The van der Waals surface area contributed by atoms with Crippen LogP contribution in [0.15, 0.2) is 48.5 Å². The summed E-state index contributed by atoms with van der Waals surface area (Å²) in [6, 6.07) is 16.3. The summed E-state index contributed by atoms with van der Waals surface area (Å²) in [5.74, 6) is 0.282. The number of carbonyl (C=O) groups excluding carboxylic acids is 1. The number of ether oxygens (including phenoxy) is 2. The third-order valence-corrected chi connectivity index (χ3v) is 4.38. The highest BCUT2D eigenvalue weighted by Gasteiger charge is 2.02. The number of benzene rings is 2. The molecule has 3 nitrogen and oxygen atoms in total. The smallest absolute Gasteiger partial charge is 0.308 e. The quantitative estimate of drug-likeness (QED) is 0.347. The van der Waals surface area contributed by atoms with Gasteiger partial charge in [0.05, 0.1) is 6.10 Å². The van der Waals surface area contributed by atoms with Gasteiger partial charge in [-0.25, -0.2) is 0 Å². The highest BCUT2D eigenvalue weighted by atomic mass is 16.5. The summed E-state index contributed by atoms with van der Waals surface area (Å²) >= 11 is 0. The van der Waals surface area contributed by atoms with E-state index in [9.17, 15) is 4.79 Å². The number of esters is 1. The van der Waals surface area contributed by atoms with Crippen molar-refractivity contribution in [1.29, 1.82) is 0 Å². The van der Waals surface area contributed by atoms with Gasteiger partial charge in [0.1, 0.15) is 5.75 Å². The summed E-state index contributed by atoms with van der Waals surface area (Å²) in [4.78, 5) is 11.0. The number of aryl methyl sites for hydroxylation is 1. The Morgan fingerprint density at radius 1 is 0.920 bits per heavy atom. The zero-order valence-electron chi connectivity index (χ0n) is 15.5. The SMILES string of the molecule is COC(C)CCCCCc1ccc(-c2ccc(OC(C)=O)cc2)cc1. The molecule has 0 N–H and O–H groups in total. The molecule has 1 atom stereocenters. The summed E-state index contributed by atoms with van der Waals surface area (Å²) in [5.41, 5.74) is 3.67. The summed E-state index contributed by atoms with van der Waals surface area (Å²) in [5, 5.41) is 0. The van der Waals surface area contributed by atoms with Crippen molar-refractivity contribution >= 4 is 5.97 Å². The molecule has 0 fully saturated rings. The molecule has 0 aliphatic heterocycles. The van der Waals surface area contributed by atoms with E-state index in [0.29, 0.717) is 11.9 Å². The van der Waals surface area contributed by atoms with Crippen molar-refractivity contribution in [1.82, 2.24) is 0 Å². The third kappa shape index (κ3) is 6.71. The number of methoxy groups -OCH3 is 1. The minimum atomic E-state index is -0.297. The lowest BCUT2D eigenvalue weighted by molar-refractivity contribution is -0.131. The fourth-order valence-electron chi connectivity index (χ4n) is 2.80. The topological polar surface area (TPSA) is 35.5 Å². The Balaban J connectivity index is 1.82. The molecule has 2 rings (SSSR count). The Morgan fingerprint density at radius 3 is 2.08 bits per heavy atom. The van der Waals surface area contributed by atoms with Gasteiger partial charge in [-0.15, -0.1) is 0 Å². The van der Waals surface area contributed by atoms with Gasteiger partial charge in [-0.2, -0.15) is 0 Å². The highest BCUT2D eigenvalue weighted by Crippen LogP contribution is 2.23. The van der Waals surface area contributed by atoms with Crippen LogP contribution < -0.4 is 4.74 Å². The van der Waals surface area contributed by atoms with Gasteiger partial charge in [0, 0.05) is 14.0 Å². The van der Waals surface area contributed by atoms with Crippen LogP contribution in [0.4, 0.5) is 0 Å². The van der Waals surface area contributed by atoms with Gasteiger partial charge >= 0.3 is 5.97 Å². The molecule has 0 bridgehead atoms. The average molecular weight is 340 g/mol. The number of carbonyl (C=O) groups is 1. The van der Waals surface area contributed by atoms with Crippen LogP contribution in [-0.2, 0) is 16.0 Å². The van der Waals surface area contributed by atoms with Gasteiger partial charge in [0.2, 0.25) is 0 Å². The van der Waals surface area contributed by atoms with Crippen molar-refractivity contribution in [2.24, 2.45) is 0 Å². The third-order valence-electron chi connectivity index (χ3n) is 4.38. The fourth-order valence-corrected chi connectivity index (χ4v) is 2.80. The monoisotopic (exact) mass is 340 g/mol. The Kier molecular flexibility index (Phi) is 7.68. The molecule has 0 heterocycles. The van der Waals surface area contributed by atoms with E-state index in [-0.39, 0.29) is 5.97 Å². The van der Waals surface area contributed by atoms with Crippen molar-refractivity contribution in [3.8, 4) is 16.9 Å². The van der Waals surface area contributed by atoms with Crippen molar-refractivity contribution < 1.29 is 14.3 Å². The van der Waals surface area contributed by atoms with Gasteiger partial charge in [-0.05, 0) is 55.0 Å². The summed E-state index contributed by atoms with van der Waals surface area (Å²) in [7, 11) is 1.77. The number of hydrogen-bond donors (Lipinski definition) is 0. The molecule has 0 aromatic heterocycles. The van der Waals surface area contributed by atoms with E-state index in [1.807, 2.05) is 24.3 Å². The van der Waals surface area contributed by atoms with Gasteiger partial charge in [0.25, 0.3) is 0 Å². The van der Waals surface area contributed by atoms with Gasteiger partial charge < -0.3 is 9.47 Å². The maximum atomic E-state index is 11.0. The van der Waals surface area contributed by atoms with Crippen molar-refractivity contribution in [2.75, 3.05) is 7.11 Å². The van der Waals surface area contributed by atoms with E-state index in [4.69, 9.17) is 9.47 Å². The van der Waals surface area contributed by atoms with Crippen LogP contribution >= 0.6 is 0 Å². The molecule has 25 heavy (non-hydrogen) atoms. The summed E-state index contributed by atoms with van der Waals surface area (Å²) in [6.45, 7) is 3.53. The normalized spacial score (nSPS) is 12.0. The minimum absolute atomic E-state index is 0.297. The second kappa shape index (κ2) is 10.00. The summed E-state index contributed by atoms with van der Waals surface area (Å²) in [6.07, 6.45) is 6.31. The predicted octanol–water partition coefficient (Wildman–Crippen LogP) is 5.42. The predicted molar refractivity (Wildman–Crippen MR) is 102 cm³/mol. The Labute approximate surface area is 151 Å². The zero-order valence-corrected chi connectivity index (χ0v) is 15.5. The molecule has 0 saturated carbocycles. The van der Waals surface area contributed by atoms with Crippen molar-refractivity contribution in [3.05, 3.63) is 54.1 Å². The van der Waals surface area contributed by atoms with Crippen LogP contribution in [0.3, 0.4) is 0 Å². The van der Waals surface area contributed by atoms with E-state index < -0.39 is 0 Å². The maximum Gasteiger partial charge on any atom is 0.308 e. The molecule has 0 spiro atoms. The van der Waals surface area contributed by atoms with Crippen molar-refractivity contribution in [2.45, 2.75) is 52.1 Å². The minimum Gasteiger partial charge on any atom is -0.427 e. The zero-order chi connectivity index (χ0) is 18.1. The molecule has 2 aromatic carbocycles. The largest absolute Gasteiger partial charge is 0.427 e. The van der Waals surface area contributed by atoms with Crippen LogP contribution in [0.5, 0.6) is 5.75 Å². The molecule has 0 amide bonds. The standard InChI is InChI=1S/C22H28O3/c1-17(24-3)7-5-4-6-8-19-9-11-20(12-10-19)21-13-15-22(16-14-21)25-18(2)23/h9-17H,4-8H2,1-3H3. The Bertz CT molecular complexity index is 644. The maximum absolute atomic E-state index is 11.0. The lowest BCUT2D eigenvalue weighted by atomic mass is 10.0. The van der Waals surface area contributed by atoms with Crippen molar-refractivity contribution in [3.63, 3.8) is 0 Å². The molecular formula is C22H28O3. The van der Waals surface area contributed by atoms with Gasteiger partial charge in [-0.1, -0.05) is 49.2 Å². The first-order valence-corrected chi connectivity index (χ1v) is 8.99. The first-order valence-electron chi connectivity index (χ1n) is 8.99. The summed E-state index contributed by atoms with van der Waals surface area (Å²) < 4.78 is 10.3. The van der Waals surface area contributed by atoms with Gasteiger partial charge in [-0.3, -0.25) is 4.79 Å². The van der Waals surface area contributed by atoms with Crippen LogP contribution in [0.1, 0.15) is 45.1 Å². The number of hydrogen-bond acceptors (Lipinski definition) is 3. The second-order valence-corrected chi connectivity index (χ2v) is 6.46. The fraction of sp³-hybridized carbons (Fsp3) is 0.409. The second-order valence-electron chi connectivity index (χ2n) is 6.46. The molecule has 134 valence electrons. The molecule has 0 aliphatic rings. The van der Waals surface area contributed by atoms with E-state index in [1.54, 1.807) is 7.11 Å². The molecule has 1 unspecified atom stereocenters. The average Bonchev–Trinajstić information content (AvgIpc) is 2.62. The lowest BCUT2D eigenvalue weighted by Gasteiger charge is -2.09. The molecule has 3 heteroatoms. The van der Waals surface area contributed by atoms with Crippen LogP contribution in [0.25, 0.3) is 11.1 Å². The first-order chi connectivity index (χ1) is 12.1. The van der Waals surface area contributed by atoms with E-state index in [1.165, 1.54) is 37.3 Å². The van der Waals surface area contributed by atoms with E-state index in [0.717, 1.165) is 18.4 Å². The molecule has 0 saturated heterocycles. The molecular weight excluding hydrogens is 312 g/mol. The van der Waals surface area contributed by atoms with Crippen LogP contribution in [-0.4, -0.2) is 19.2 Å². The number of unbranched alkanes of at least 4 members (excludes halogenated alkanes) is 2.